The first-order valence-corrected chi connectivity index (χ1v) is 5.55. The fraction of sp³-hybridized carbons (Fsp3) is 0.538. The molecule has 14 heavy (non-hydrogen) atoms. The molecule has 0 bridgehead atoms. The van der Waals surface area contributed by atoms with Gasteiger partial charge in [-0.1, -0.05) is 37.6 Å². The molecule has 2 rings (SSSR count). The summed E-state index contributed by atoms with van der Waals surface area (Å²) in [7, 11) is 0. The second kappa shape index (κ2) is 3.74. The molecule has 0 fully saturated rings. The Bertz CT molecular complexity index is 330. The Hall–Kier alpha value is -0.820. The van der Waals surface area contributed by atoms with Crippen LogP contribution in [0.15, 0.2) is 18.2 Å². The number of hydrogen-bond acceptors (Lipinski definition) is 1. The lowest BCUT2D eigenvalue weighted by molar-refractivity contribution is 0.426. The van der Waals surface area contributed by atoms with Gasteiger partial charge in [0.25, 0.3) is 0 Å². The van der Waals surface area contributed by atoms with E-state index in [9.17, 15) is 0 Å². The molecular formula is C13H19N. The van der Waals surface area contributed by atoms with Gasteiger partial charge in [0.05, 0.1) is 0 Å². The molecular weight excluding hydrogens is 170 g/mol. The topological polar surface area (TPSA) is 12.0 Å². The van der Waals surface area contributed by atoms with Crippen LogP contribution in [-0.2, 0) is 6.42 Å². The van der Waals surface area contributed by atoms with Crippen LogP contribution in [0, 0.1) is 12.8 Å². The number of hydrogen-bond donors (Lipinski definition) is 1. The third kappa shape index (κ3) is 1.57. The number of nitrogens with one attached hydrogen (secondary N) is 1. The molecule has 1 aromatic carbocycles. The third-order valence-corrected chi connectivity index (χ3v) is 3.17. The van der Waals surface area contributed by atoms with Crippen LogP contribution in [0.2, 0.25) is 0 Å². The van der Waals surface area contributed by atoms with Crippen molar-refractivity contribution in [3.63, 3.8) is 0 Å². The van der Waals surface area contributed by atoms with Gasteiger partial charge in [-0.25, -0.2) is 0 Å². The summed E-state index contributed by atoms with van der Waals surface area (Å²) >= 11 is 0. The van der Waals surface area contributed by atoms with Crippen LogP contribution in [0.5, 0.6) is 0 Å². The predicted octanol–water partition coefficient (Wildman–Crippen LogP) is 2.84. The van der Waals surface area contributed by atoms with E-state index in [2.05, 4.69) is 44.3 Å². The van der Waals surface area contributed by atoms with Crippen molar-refractivity contribution < 1.29 is 0 Å². The standard InChI is InChI=1S/C13H19N/c1-4-14-13-10(3)8-11-6-5-9(2)7-12(11)13/h5-7,10,13-14H,4,8H2,1-3H3. The third-order valence-electron chi connectivity index (χ3n) is 3.17. The fourth-order valence-electron chi connectivity index (χ4n) is 2.49. The Morgan fingerprint density at radius 3 is 2.93 bits per heavy atom. The summed E-state index contributed by atoms with van der Waals surface area (Å²) in [5.74, 6) is 0.742. The molecule has 0 amide bonds. The van der Waals surface area contributed by atoms with Crippen molar-refractivity contribution in [3.05, 3.63) is 34.9 Å². The van der Waals surface area contributed by atoms with Crippen molar-refractivity contribution in [2.75, 3.05) is 6.54 Å². The molecule has 1 aromatic rings. The van der Waals surface area contributed by atoms with E-state index in [1.807, 2.05) is 0 Å². The molecule has 76 valence electrons. The van der Waals surface area contributed by atoms with E-state index in [1.54, 1.807) is 0 Å². The predicted molar refractivity (Wildman–Crippen MR) is 60.5 cm³/mol. The lowest BCUT2D eigenvalue weighted by Crippen LogP contribution is -2.23. The highest BCUT2D eigenvalue weighted by Gasteiger charge is 2.28. The first-order valence-electron chi connectivity index (χ1n) is 5.55. The van der Waals surface area contributed by atoms with Gasteiger partial charge in [0.15, 0.2) is 0 Å². The Morgan fingerprint density at radius 2 is 2.21 bits per heavy atom. The van der Waals surface area contributed by atoms with E-state index in [-0.39, 0.29) is 0 Å². The molecule has 0 aromatic heterocycles. The van der Waals surface area contributed by atoms with Gasteiger partial charge < -0.3 is 5.32 Å². The minimum absolute atomic E-state index is 0.579. The van der Waals surface area contributed by atoms with Gasteiger partial charge in [-0.3, -0.25) is 0 Å². The summed E-state index contributed by atoms with van der Waals surface area (Å²) in [6.07, 6.45) is 1.23. The monoisotopic (exact) mass is 189 g/mol. The van der Waals surface area contributed by atoms with Crippen LogP contribution in [0.3, 0.4) is 0 Å². The van der Waals surface area contributed by atoms with E-state index in [0.29, 0.717) is 6.04 Å². The molecule has 0 radical (unpaired) electrons. The highest BCUT2D eigenvalue weighted by atomic mass is 14.9. The van der Waals surface area contributed by atoms with Crippen molar-refractivity contribution in [3.8, 4) is 0 Å². The van der Waals surface area contributed by atoms with Gasteiger partial charge in [-0.15, -0.1) is 0 Å². The quantitative estimate of drug-likeness (QED) is 0.754. The second-order valence-electron chi connectivity index (χ2n) is 4.42. The van der Waals surface area contributed by atoms with Gasteiger partial charge in [0.1, 0.15) is 0 Å². The summed E-state index contributed by atoms with van der Waals surface area (Å²) in [6.45, 7) is 7.75. The fourth-order valence-corrected chi connectivity index (χ4v) is 2.49. The zero-order valence-electron chi connectivity index (χ0n) is 9.30. The number of fused-ring (bicyclic) bond motifs is 1. The van der Waals surface area contributed by atoms with Crippen LogP contribution in [-0.4, -0.2) is 6.54 Å². The lowest BCUT2D eigenvalue weighted by atomic mass is 10.0. The normalized spacial score (nSPS) is 25.1. The van der Waals surface area contributed by atoms with E-state index >= 15 is 0 Å². The molecule has 1 N–H and O–H groups in total. The largest absolute Gasteiger partial charge is 0.310 e. The summed E-state index contributed by atoms with van der Waals surface area (Å²) in [5.41, 5.74) is 4.44. The summed E-state index contributed by atoms with van der Waals surface area (Å²) < 4.78 is 0. The molecule has 0 spiro atoms. The van der Waals surface area contributed by atoms with Crippen LogP contribution in [0.25, 0.3) is 0 Å². The smallest absolute Gasteiger partial charge is 0.0351 e. The molecule has 0 saturated heterocycles. The maximum atomic E-state index is 3.58. The Kier molecular flexibility index (Phi) is 2.60. The molecule has 1 aliphatic carbocycles. The van der Waals surface area contributed by atoms with Crippen molar-refractivity contribution >= 4 is 0 Å². The van der Waals surface area contributed by atoms with Gasteiger partial charge in [-0.05, 0) is 36.9 Å². The van der Waals surface area contributed by atoms with E-state index in [4.69, 9.17) is 0 Å². The summed E-state index contributed by atoms with van der Waals surface area (Å²) in [4.78, 5) is 0. The second-order valence-corrected chi connectivity index (χ2v) is 4.42. The van der Waals surface area contributed by atoms with E-state index in [0.717, 1.165) is 12.5 Å². The average molecular weight is 189 g/mol. The van der Waals surface area contributed by atoms with Crippen molar-refractivity contribution in [1.82, 2.24) is 5.32 Å². The van der Waals surface area contributed by atoms with E-state index in [1.165, 1.54) is 23.1 Å². The van der Waals surface area contributed by atoms with Crippen molar-refractivity contribution in [2.45, 2.75) is 33.2 Å². The summed E-state index contributed by atoms with van der Waals surface area (Å²) in [5, 5.41) is 3.58. The SMILES string of the molecule is CCNC1c2cc(C)ccc2CC1C. The maximum absolute atomic E-state index is 3.58. The van der Waals surface area contributed by atoms with Gasteiger partial charge in [0, 0.05) is 6.04 Å². The summed E-state index contributed by atoms with van der Waals surface area (Å²) in [6, 6.07) is 7.43. The number of aryl methyl sites for hydroxylation is 1. The average Bonchev–Trinajstić information content (AvgIpc) is 2.45. The van der Waals surface area contributed by atoms with Gasteiger partial charge in [-0.2, -0.15) is 0 Å². The zero-order chi connectivity index (χ0) is 10.1. The van der Waals surface area contributed by atoms with Gasteiger partial charge in [0.2, 0.25) is 0 Å². The first-order chi connectivity index (χ1) is 6.72. The highest BCUT2D eigenvalue weighted by Crippen LogP contribution is 2.36. The maximum Gasteiger partial charge on any atom is 0.0351 e. The molecule has 0 heterocycles. The Balaban J connectivity index is 2.34. The van der Waals surface area contributed by atoms with Crippen LogP contribution in [0.4, 0.5) is 0 Å². The molecule has 0 aliphatic heterocycles. The van der Waals surface area contributed by atoms with E-state index < -0.39 is 0 Å². The van der Waals surface area contributed by atoms with Crippen LogP contribution in [0.1, 0.15) is 36.6 Å². The minimum Gasteiger partial charge on any atom is -0.310 e. The van der Waals surface area contributed by atoms with Crippen LogP contribution >= 0.6 is 0 Å². The highest BCUT2D eigenvalue weighted by molar-refractivity contribution is 5.38. The Morgan fingerprint density at radius 1 is 1.43 bits per heavy atom. The lowest BCUT2D eigenvalue weighted by Gasteiger charge is -2.17. The molecule has 2 atom stereocenters. The van der Waals surface area contributed by atoms with Gasteiger partial charge >= 0.3 is 0 Å². The molecule has 2 unspecified atom stereocenters. The molecule has 0 saturated carbocycles. The minimum atomic E-state index is 0.579. The molecule has 1 heteroatoms. The first kappa shape index (κ1) is 9.72. The van der Waals surface area contributed by atoms with Crippen LogP contribution < -0.4 is 5.32 Å². The number of rotatable bonds is 2. The molecule has 1 aliphatic rings. The van der Waals surface area contributed by atoms with Crippen molar-refractivity contribution in [1.29, 1.82) is 0 Å². The zero-order valence-corrected chi connectivity index (χ0v) is 9.30. The Labute approximate surface area is 86.5 Å². The number of benzene rings is 1. The van der Waals surface area contributed by atoms with Crippen molar-refractivity contribution in [2.24, 2.45) is 5.92 Å². The molecule has 1 nitrogen and oxygen atoms in total.